The molecule has 0 radical (unpaired) electrons. The van der Waals surface area contributed by atoms with Crippen molar-refractivity contribution in [3.63, 3.8) is 0 Å². The number of pyridine rings is 1. The lowest BCUT2D eigenvalue weighted by Gasteiger charge is -1.99. The number of carbonyl (C=O) groups is 1. The van der Waals surface area contributed by atoms with Gasteiger partial charge in [0.25, 0.3) is 0 Å². The highest BCUT2D eigenvalue weighted by atomic mass is 16.4. The SMILES string of the molecule is O=C(O)c1cccnc1-c1c[nH]nn1. The molecular weight excluding hydrogens is 184 g/mol. The minimum absolute atomic E-state index is 0.112. The lowest BCUT2D eigenvalue weighted by molar-refractivity contribution is 0.0697. The molecule has 0 aliphatic rings. The largest absolute Gasteiger partial charge is 0.478 e. The Kier molecular flexibility index (Phi) is 1.94. The highest BCUT2D eigenvalue weighted by Crippen LogP contribution is 2.16. The standard InChI is InChI=1S/C8H6N4O2/c13-8(14)5-2-1-3-9-7(5)6-4-10-12-11-6/h1-4H,(H,13,14)(H,10,11,12). The third-order valence-electron chi connectivity index (χ3n) is 1.70. The monoisotopic (exact) mass is 190 g/mol. The molecule has 6 nitrogen and oxygen atoms in total. The second-order valence-corrected chi connectivity index (χ2v) is 2.56. The Hall–Kier alpha value is -2.24. The summed E-state index contributed by atoms with van der Waals surface area (Å²) in [6, 6.07) is 3.03. The quantitative estimate of drug-likeness (QED) is 0.722. The summed E-state index contributed by atoms with van der Waals surface area (Å²) in [5.41, 5.74) is 0.846. The summed E-state index contributed by atoms with van der Waals surface area (Å²) >= 11 is 0. The van der Waals surface area contributed by atoms with E-state index in [0.29, 0.717) is 11.4 Å². The van der Waals surface area contributed by atoms with E-state index in [2.05, 4.69) is 20.4 Å². The Morgan fingerprint density at radius 2 is 2.36 bits per heavy atom. The van der Waals surface area contributed by atoms with Gasteiger partial charge in [-0.3, -0.25) is 10.1 Å². The van der Waals surface area contributed by atoms with Crippen molar-refractivity contribution < 1.29 is 9.90 Å². The van der Waals surface area contributed by atoms with Crippen molar-refractivity contribution in [3.05, 3.63) is 30.1 Å². The molecule has 6 heteroatoms. The molecule has 2 aromatic heterocycles. The molecule has 0 aliphatic heterocycles. The fourth-order valence-electron chi connectivity index (χ4n) is 1.10. The van der Waals surface area contributed by atoms with Crippen LogP contribution in [0.2, 0.25) is 0 Å². The summed E-state index contributed by atoms with van der Waals surface area (Å²) in [6.07, 6.45) is 3.01. The zero-order chi connectivity index (χ0) is 9.97. The predicted molar refractivity (Wildman–Crippen MR) is 46.6 cm³/mol. The number of nitrogens with zero attached hydrogens (tertiary/aromatic N) is 3. The summed E-state index contributed by atoms with van der Waals surface area (Å²) in [5.74, 6) is -1.03. The summed E-state index contributed by atoms with van der Waals surface area (Å²) in [4.78, 5) is 14.8. The molecule has 0 aliphatic carbocycles. The number of H-pyrrole nitrogens is 1. The van der Waals surface area contributed by atoms with Crippen molar-refractivity contribution >= 4 is 5.97 Å². The Morgan fingerprint density at radius 3 is 3.00 bits per heavy atom. The van der Waals surface area contributed by atoms with E-state index in [9.17, 15) is 4.79 Å². The summed E-state index contributed by atoms with van der Waals surface area (Å²) < 4.78 is 0. The number of carboxylic acids is 1. The summed E-state index contributed by atoms with van der Waals surface area (Å²) in [6.45, 7) is 0. The van der Waals surface area contributed by atoms with Crippen molar-refractivity contribution in [2.45, 2.75) is 0 Å². The van der Waals surface area contributed by atoms with Gasteiger partial charge in [-0.05, 0) is 12.1 Å². The second-order valence-electron chi connectivity index (χ2n) is 2.56. The van der Waals surface area contributed by atoms with Crippen molar-refractivity contribution in [3.8, 4) is 11.4 Å². The van der Waals surface area contributed by atoms with Gasteiger partial charge in [0.2, 0.25) is 0 Å². The molecule has 0 atom stereocenters. The van der Waals surface area contributed by atoms with Gasteiger partial charge in [0.05, 0.1) is 11.8 Å². The van der Waals surface area contributed by atoms with E-state index in [1.54, 1.807) is 6.07 Å². The van der Waals surface area contributed by atoms with E-state index in [1.807, 2.05) is 0 Å². The number of aromatic carboxylic acids is 1. The van der Waals surface area contributed by atoms with E-state index in [1.165, 1.54) is 18.5 Å². The van der Waals surface area contributed by atoms with Gasteiger partial charge in [-0.1, -0.05) is 5.21 Å². The maximum atomic E-state index is 10.8. The van der Waals surface area contributed by atoms with Crippen LogP contribution in [0, 0.1) is 0 Å². The predicted octanol–water partition coefficient (Wildman–Crippen LogP) is 0.565. The molecule has 2 heterocycles. The van der Waals surface area contributed by atoms with E-state index in [-0.39, 0.29) is 5.56 Å². The van der Waals surface area contributed by atoms with E-state index >= 15 is 0 Å². The van der Waals surface area contributed by atoms with Gasteiger partial charge < -0.3 is 5.11 Å². The molecule has 0 spiro atoms. The molecule has 2 N–H and O–H groups in total. The lowest BCUT2D eigenvalue weighted by Crippen LogP contribution is -2.01. The van der Waals surface area contributed by atoms with Gasteiger partial charge in [-0.15, -0.1) is 5.10 Å². The maximum Gasteiger partial charge on any atom is 0.337 e. The third-order valence-corrected chi connectivity index (χ3v) is 1.70. The van der Waals surface area contributed by atoms with Gasteiger partial charge in [-0.2, -0.15) is 0 Å². The van der Waals surface area contributed by atoms with Crippen LogP contribution in [0.1, 0.15) is 10.4 Å². The normalized spacial score (nSPS) is 10.0. The summed E-state index contributed by atoms with van der Waals surface area (Å²) in [7, 11) is 0. The first kappa shape index (κ1) is 8.36. The molecule has 0 saturated carbocycles. The number of nitrogens with one attached hydrogen (secondary N) is 1. The van der Waals surface area contributed by atoms with Crippen LogP contribution in [0.5, 0.6) is 0 Å². The van der Waals surface area contributed by atoms with Crippen LogP contribution >= 0.6 is 0 Å². The summed E-state index contributed by atoms with van der Waals surface area (Å²) in [5, 5.41) is 18.6. The van der Waals surface area contributed by atoms with Gasteiger partial charge in [0.1, 0.15) is 11.4 Å². The number of hydrogen-bond donors (Lipinski definition) is 2. The average Bonchev–Trinajstić information content (AvgIpc) is 2.70. The fraction of sp³-hybridized carbons (Fsp3) is 0. The van der Waals surface area contributed by atoms with Crippen LogP contribution in [0.15, 0.2) is 24.5 Å². The number of hydrogen-bond acceptors (Lipinski definition) is 4. The zero-order valence-corrected chi connectivity index (χ0v) is 7.01. The van der Waals surface area contributed by atoms with Gasteiger partial charge in [0, 0.05) is 6.20 Å². The first-order chi connectivity index (χ1) is 6.79. The highest BCUT2D eigenvalue weighted by Gasteiger charge is 2.13. The van der Waals surface area contributed by atoms with Crippen molar-refractivity contribution in [1.82, 2.24) is 20.4 Å². The minimum atomic E-state index is -1.03. The first-order valence-corrected chi connectivity index (χ1v) is 3.84. The van der Waals surface area contributed by atoms with Crippen LogP contribution in [-0.2, 0) is 0 Å². The highest BCUT2D eigenvalue weighted by molar-refractivity contribution is 5.93. The fourth-order valence-corrected chi connectivity index (χ4v) is 1.10. The second kappa shape index (κ2) is 3.25. The van der Waals surface area contributed by atoms with E-state index in [4.69, 9.17) is 5.11 Å². The van der Waals surface area contributed by atoms with Crippen LogP contribution in [0.3, 0.4) is 0 Å². The van der Waals surface area contributed by atoms with Crippen molar-refractivity contribution in [2.75, 3.05) is 0 Å². The molecular formula is C8H6N4O2. The molecule has 2 aromatic rings. The Bertz CT molecular complexity index is 452. The van der Waals surface area contributed by atoms with Crippen LogP contribution in [0.25, 0.3) is 11.4 Å². The van der Waals surface area contributed by atoms with Crippen LogP contribution < -0.4 is 0 Å². The molecule has 2 rings (SSSR count). The van der Waals surface area contributed by atoms with Crippen LogP contribution in [0.4, 0.5) is 0 Å². The minimum Gasteiger partial charge on any atom is -0.478 e. The van der Waals surface area contributed by atoms with E-state index < -0.39 is 5.97 Å². The number of aromatic amines is 1. The number of aromatic nitrogens is 4. The first-order valence-electron chi connectivity index (χ1n) is 3.84. The maximum absolute atomic E-state index is 10.8. The zero-order valence-electron chi connectivity index (χ0n) is 7.01. The topological polar surface area (TPSA) is 91.8 Å². The van der Waals surface area contributed by atoms with Crippen molar-refractivity contribution in [2.24, 2.45) is 0 Å². The average molecular weight is 190 g/mol. The van der Waals surface area contributed by atoms with Gasteiger partial charge in [0.15, 0.2) is 0 Å². The molecule has 70 valence electrons. The molecule has 0 aromatic carbocycles. The number of rotatable bonds is 2. The molecule has 0 fully saturated rings. The molecule has 0 unspecified atom stereocenters. The smallest absolute Gasteiger partial charge is 0.337 e. The third kappa shape index (κ3) is 1.33. The Labute approximate surface area is 78.6 Å². The Morgan fingerprint density at radius 1 is 1.50 bits per heavy atom. The van der Waals surface area contributed by atoms with E-state index in [0.717, 1.165) is 0 Å². The number of carboxylic acid groups (broad SMARTS) is 1. The molecule has 0 saturated heterocycles. The molecule has 14 heavy (non-hydrogen) atoms. The van der Waals surface area contributed by atoms with Gasteiger partial charge >= 0.3 is 5.97 Å². The molecule has 0 amide bonds. The lowest BCUT2D eigenvalue weighted by atomic mass is 10.1. The van der Waals surface area contributed by atoms with Gasteiger partial charge in [-0.25, -0.2) is 4.79 Å². The van der Waals surface area contributed by atoms with Crippen LogP contribution in [-0.4, -0.2) is 31.5 Å². The van der Waals surface area contributed by atoms with Crippen molar-refractivity contribution in [1.29, 1.82) is 0 Å². The molecule has 0 bridgehead atoms. The Balaban J connectivity index is 2.58.